The van der Waals surface area contributed by atoms with Gasteiger partial charge in [-0.25, -0.2) is 17.9 Å². The molecule has 0 aromatic heterocycles. The van der Waals surface area contributed by atoms with Crippen LogP contribution in [-0.2, 0) is 10.0 Å². The molecule has 0 spiro atoms. The van der Waals surface area contributed by atoms with E-state index >= 15 is 0 Å². The first-order chi connectivity index (χ1) is 5.99. The lowest BCUT2D eigenvalue weighted by atomic mass is 10.4. The maximum Gasteiger partial charge on any atom is 0.331 e. The second kappa shape index (κ2) is 3.93. The normalized spacial score (nSPS) is 18.4. The summed E-state index contributed by atoms with van der Waals surface area (Å²) in [6, 6.07) is -0.538. The number of piperazine rings is 1. The van der Waals surface area contributed by atoms with E-state index in [1.54, 1.807) is 0 Å². The van der Waals surface area contributed by atoms with Crippen molar-refractivity contribution >= 4 is 16.1 Å². The fraction of sp³-hybridized carbons (Fsp3) is 0.833. The van der Waals surface area contributed by atoms with E-state index in [-0.39, 0.29) is 0 Å². The third-order valence-electron chi connectivity index (χ3n) is 1.68. The Balaban J connectivity index is 2.47. The van der Waals surface area contributed by atoms with Crippen LogP contribution in [0.2, 0.25) is 0 Å². The molecule has 0 radical (unpaired) electrons. The van der Waals surface area contributed by atoms with Gasteiger partial charge in [0.1, 0.15) is 0 Å². The van der Waals surface area contributed by atoms with Gasteiger partial charge in [0.05, 0.1) is 6.26 Å². The topological polar surface area (TPSA) is 78.5 Å². The molecule has 1 aliphatic heterocycles. The van der Waals surface area contributed by atoms with Crippen LogP contribution in [0.3, 0.4) is 0 Å². The van der Waals surface area contributed by atoms with E-state index in [1.807, 2.05) is 4.72 Å². The molecule has 0 aromatic carbocycles. The number of nitrogens with zero attached hydrogens (tertiary/aromatic N) is 1. The number of carbonyl (C=O) groups is 1. The van der Waals surface area contributed by atoms with E-state index in [1.165, 1.54) is 4.90 Å². The van der Waals surface area contributed by atoms with E-state index < -0.39 is 16.1 Å². The molecule has 0 aromatic rings. The van der Waals surface area contributed by atoms with Crippen molar-refractivity contribution in [2.24, 2.45) is 0 Å². The van der Waals surface area contributed by atoms with Crippen molar-refractivity contribution in [3.63, 3.8) is 0 Å². The lowest BCUT2D eigenvalue weighted by Gasteiger charge is -2.26. The smallest absolute Gasteiger partial charge is 0.321 e. The molecule has 1 saturated heterocycles. The van der Waals surface area contributed by atoms with Crippen molar-refractivity contribution in [3.05, 3.63) is 0 Å². The van der Waals surface area contributed by atoms with E-state index in [2.05, 4.69) is 5.32 Å². The molecular weight excluding hydrogens is 194 g/mol. The predicted octanol–water partition coefficient (Wildman–Crippen LogP) is -1.44. The Labute approximate surface area is 77.3 Å². The van der Waals surface area contributed by atoms with Crippen LogP contribution >= 0.6 is 0 Å². The molecule has 1 aliphatic rings. The molecule has 0 unspecified atom stereocenters. The van der Waals surface area contributed by atoms with Crippen LogP contribution in [0.15, 0.2) is 0 Å². The van der Waals surface area contributed by atoms with Gasteiger partial charge < -0.3 is 10.2 Å². The summed E-state index contributed by atoms with van der Waals surface area (Å²) in [6.07, 6.45) is 0.965. The SMILES string of the molecule is CS(=O)(=O)NC(=O)N1CCNCC1. The molecule has 0 aliphatic carbocycles. The Bertz CT molecular complexity index is 281. The Hall–Kier alpha value is -0.820. The molecule has 6 nitrogen and oxygen atoms in total. The molecule has 1 rings (SSSR count). The number of sulfonamides is 1. The summed E-state index contributed by atoms with van der Waals surface area (Å²) in [4.78, 5) is 12.7. The van der Waals surface area contributed by atoms with Gasteiger partial charge in [-0.2, -0.15) is 0 Å². The molecule has 1 heterocycles. The van der Waals surface area contributed by atoms with E-state index in [0.717, 1.165) is 6.26 Å². The molecule has 1 fully saturated rings. The van der Waals surface area contributed by atoms with Crippen molar-refractivity contribution in [1.29, 1.82) is 0 Å². The third kappa shape index (κ3) is 3.60. The lowest BCUT2D eigenvalue weighted by molar-refractivity contribution is 0.196. The fourth-order valence-corrected chi connectivity index (χ4v) is 1.54. The van der Waals surface area contributed by atoms with Gasteiger partial charge in [0.25, 0.3) is 0 Å². The van der Waals surface area contributed by atoms with Gasteiger partial charge in [-0.15, -0.1) is 0 Å². The van der Waals surface area contributed by atoms with Crippen molar-refractivity contribution in [2.75, 3.05) is 32.4 Å². The summed E-state index contributed by atoms with van der Waals surface area (Å²) in [7, 11) is -3.43. The van der Waals surface area contributed by atoms with Crippen LogP contribution in [-0.4, -0.2) is 51.8 Å². The second-order valence-electron chi connectivity index (χ2n) is 2.92. The van der Waals surface area contributed by atoms with Crippen molar-refractivity contribution < 1.29 is 13.2 Å². The minimum atomic E-state index is -3.43. The van der Waals surface area contributed by atoms with Gasteiger partial charge in [-0.3, -0.25) is 0 Å². The lowest BCUT2D eigenvalue weighted by Crippen LogP contribution is -2.51. The largest absolute Gasteiger partial charge is 0.331 e. The van der Waals surface area contributed by atoms with Gasteiger partial charge >= 0.3 is 6.03 Å². The van der Waals surface area contributed by atoms with E-state index in [0.29, 0.717) is 26.2 Å². The average Bonchev–Trinajstić information content (AvgIpc) is 2.03. The Morgan fingerprint density at radius 3 is 2.38 bits per heavy atom. The highest BCUT2D eigenvalue weighted by Crippen LogP contribution is 1.93. The highest BCUT2D eigenvalue weighted by Gasteiger charge is 2.18. The van der Waals surface area contributed by atoms with Crippen molar-refractivity contribution in [3.8, 4) is 0 Å². The van der Waals surface area contributed by atoms with Crippen LogP contribution in [0.1, 0.15) is 0 Å². The Morgan fingerprint density at radius 2 is 1.92 bits per heavy atom. The predicted molar refractivity (Wildman–Crippen MR) is 47.8 cm³/mol. The maximum absolute atomic E-state index is 11.2. The fourth-order valence-electron chi connectivity index (χ4n) is 1.09. The molecule has 0 saturated carbocycles. The van der Waals surface area contributed by atoms with E-state index in [4.69, 9.17) is 0 Å². The summed E-state index contributed by atoms with van der Waals surface area (Å²) in [5.41, 5.74) is 0. The molecule has 2 amide bonds. The van der Waals surface area contributed by atoms with Gasteiger partial charge in [0.15, 0.2) is 0 Å². The van der Waals surface area contributed by atoms with Crippen LogP contribution in [0.25, 0.3) is 0 Å². The summed E-state index contributed by atoms with van der Waals surface area (Å²) in [5, 5.41) is 3.06. The highest BCUT2D eigenvalue weighted by atomic mass is 32.2. The summed E-state index contributed by atoms with van der Waals surface area (Å²) >= 11 is 0. The van der Waals surface area contributed by atoms with Crippen LogP contribution < -0.4 is 10.0 Å². The minimum Gasteiger partial charge on any atom is -0.321 e. The number of urea groups is 1. The first kappa shape index (κ1) is 10.3. The average molecular weight is 207 g/mol. The molecule has 0 bridgehead atoms. The first-order valence-corrected chi connectivity index (χ1v) is 5.85. The number of hydrogen-bond donors (Lipinski definition) is 2. The van der Waals surface area contributed by atoms with Crippen LogP contribution in [0.4, 0.5) is 4.79 Å². The quantitative estimate of drug-likeness (QED) is 0.552. The Morgan fingerprint density at radius 1 is 1.38 bits per heavy atom. The number of rotatable bonds is 1. The summed E-state index contributed by atoms with van der Waals surface area (Å²) in [5.74, 6) is 0. The number of hydrogen-bond acceptors (Lipinski definition) is 4. The van der Waals surface area contributed by atoms with Crippen LogP contribution in [0, 0.1) is 0 Å². The van der Waals surface area contributed by atoms with E-state index in [9.17, 15) is 13.2 Å². The maximum atomic E-state index is 11.2. The zero-order valence-corrected chi connectivity index (χ0v) is 8.23. The second-order valence-corrected chi connectivity index (χ2v) is 4.66. The molecule has 76 valence electrons. The zero-order chi connectivity index (χ0) is 9.90. The number of amides is 2. The number of carbonyl (C=O) groups excluding carboxylic acids is 1. The monoisotopic (exact) mass is 207 g/mol. The van der Waals surface area contributed by atoms with Gasteiger partial charge in [0, 0.05) is 26.2 Å². The minimum absolute atomic E-state index is 0.538. The van der Waals surface area contributed by atoms with Crippen LogP contribution in [0.5, 0.6) is 0 Å². The highest BCUT2D eigenvalue weighted by molar-refractivity contribution is 7.89. The number of nitrogens with one attached hydrogen (secondary N) is 2. The molecule has 2 N–H and O–H groups in total. The summed E-state index contributed by atoms with van der Waals surface area (Å²) < 4.78 is 23.3. The Kier molecular flexibility index (Phi) is 3.10. The zero-order valence-electron chi connectivity index (χ0n) is 7.41. The van der Waals surface area contributed by atoms with Crippen molar-refractivity contribution in [2.45, 2.75) is 0 Å². The van der Waals surface area contributed by atoms with Crippen molar-refractivity contribution in [1.82, 2.24) is 14.9 Å². The molecule has 0 atom stereocenters. The third-order valence-corrected chi connectivity index (χ3v) is 2.22. The van der Waals surface area contributed by atoms with Gasteiger partial charge in [0.2, 0.25) is 10.0 Å². The van der Waals surface area contributed by atoms with Gasteiger partial charge in [-0.1, -0.05) is 0 Å². The van der Waals surface area contributed by atoms with Gasteiger partial charge in [-0.05, 0) is 0 Å². The molecule has 13 heavy (non-hydrogen) atoms. The standard InChI is InChI=1S/C6H13N3O3S/c1-13(11,12)8-6(10)9-4-2-7-3-5-9/h7H,2-5H2,1H3,(H,8,10). The first-order valence-electron chi connectivity index (χ1n) is 3.96. The summed E-state index contributed by atoms with van der Waals surface area (Å²) in [6.45, 7) is 2.50. The molecule has 7 heteroatoms. The molecular formula is C6H13N3O3S.